The van der Waals surface area contributed by atoms with E-state index in [1.165, 1.54) is 12.1 Å². The second-order valence-corrected chi connectivity index (χ2v) is 5.72. The van der Waals surface area contributed by atoms with E-state index < -0.39 is 11.7 Å². The first kappa shape index (κ1) is 15.4. The molecule has 3 rings (SSSR count). The average Bonchev–Trinajstić information content (AvgIpc) is 2.51. The van der Waals surface area contributed by atoms with Crippen molar-refractivity contribution in [1.29, 1.82) is 0 Å². The number of carbonyl (C=O) groups excluding carboxylic acids is 1. The van der Waals surface area contributed by atoms with Gasteiger partial charge in [-0.25, -0.2) is 4.39 Å². The predicted molar refractivity (Wildman–Crippen MR) is 90.6 cm³/mol. The highest BCUT2D eigenvalue weighted by atomic mass is 35.5. The summed E-state index contributed by atoms with van der Waals surface area (Å²) >= 11 is 6.14. The molecule has 0 unspecified atom stereocenters. The van der Waals surface area contributed by atoms with Gasteiger partial charge in [-0.15, -0.1) is 0 Å². The molecule has 0 aliphatic carbocycles. The van der Waals surface area contributed by atoms with Crippen molar-refractivity contribution < 1.29 is 9.18 Å². The lowest BCUT2D eigenvalue weighted by molar-refractivity contribution is 0.102. The van der Waals surface area contributed by atoms with Gasteiger partial charge in [0, 0.05) is 16.1 Å². The minimum Gasteiger partial charge on any atom is -0.321 e. The molecule has 1 heterocycles. The van der Waals surface area contributed by atoms with Gasteiger partial charge in [-0.3, -0.25) is 9.78 Å². The van der Waals surface area contributed by atoms with Crippen LogP contribution in [0.15, 0.2) is 42.5 Å². The summed E-state index contributed by atoms with van der Waals surface area (Å²) in [5.41, 5.74) is 2.89. The topological polar surface area (TPSA) is 42.0 Å². The number of benzene rings is 2. The molecule has 0 aliphatic heterocycles. The van der Waals surface area contributed by atoms with Crippen LogP contribution in [0, 0.1) is 19.7 Å². The first-order valence-electron chi connectivity index (χ1n) is 7.09. The fourth-order valence-corrected chi connectivity index (χ4v) is 2.62. The summed E-state index contributed by atoms with van der Waals surface area (Å²) in [6.07, 6.45) is 0. The lowest BCUT2D eigenvalue weighted by Gasteiger charge is -2.12. The molecular weight excluding hydrogens is 315 g/mol. The number of carbonyl (C=O) groups is 1. The third-order valence-electron chi connectivity index (χ3n) is 3.66. The standard InChI is InChI=1S/C18H14ClFN2O/c1-10-9-16(13-7-8-14(19)11(2)17(13)21-10)22-18(23)12-5-3-4-6-15(12)20/h3-9H,1-2H3,(H,21,22,23). The number of hydrogen-bond acceptors (Lipinski definition) is 2. The number of fused-ring (bicyclic) bond motifs is 1. The van der Waals surface area contributed by atoms with Gasteiger partial charge < -0.3 is 5.32 Å². The molecule has 0 aliphatic rings. The molecule has 0 saturated carbocycles. The number of pyridine rings is 1. The number of halogens is 2. The van der Waals surface area contributed by atoms with Crippen LogP contribution >= 0.6 is 11.6 Å². The Morgan fingerprint density at radius 2 is 1.91 bits per heavy atom. The van der Waals surface area contributed by atoms with Crippen LogP contribution in [0.5, 0.6) is 0 Å². The lowest BCUT2D eigenvalue weighted by atomic mass is 10.1. The highest BCUT2D eigenvalue weighted by molar-refractivity contribution is 6.32. The highest BCUT2D eigenvalue weighted by Crippen LogP contribution is 2.30. The van der Waals surface area contributed by atoms with E-state index >= 15 is 0 Å². The summed E-state index contributed by atoms with van der Waals surface area (Å²) in [6.45, 7) is 3.71. The maximum Gasteiger partial charge on any atom is 0.258 e. The number of anilines is 1. The van der Waals surface area contributed by atoms with Crippen molar-refractivity contribution in [2.24, 2.45) is 0 Å². The highest BCUT2D eigenvalue weighted by Gasteiger charge is 2.14. The Kier molecular flexibility index (Phi) is 4.01. The molecule has 0 spiro atoms. The monoisotopic (exact) mass is 328 g/mol. The van der Waals surface area contributed by atoms with Gasteiger partial charge in [0.25, 0.3) is 5.91 Å². The summed E-state index contributed by atoms with van der Waals surface area (Å²) in [5.74, 6) is -1.05. The number of nitrogens with one attached hydrogen (secondary N) is 1. The Balaban J connectivity index is 2.09. The smallest absolute Gasteiger partial charge is 0.258 e. The molecule has 116 valence electrons. The molecule has 2 aromatic carbocycles. The summed E-state index contributed by atoms with van der Waals surface area (Å²) in [5, 5.41) is 4.15. The van der Waals surface area contributed by atoms with Gasteiger partial charge in [-0.05, 0) is 49.7 Å². The quantitative estimate of drug-likeness (QED) is 0.727. The zero-order valence-corrected chi connectivity index (χ0v) is 13.4. The first-order valence-corrected chi connectivity index (χ1v) is 7.47. The zero-order chi connectivity index (χ0) is 16.6. The molecule has 23 heavy (non-hydrogen) atoms. The van der Waals surface area contributed by atoms with Gasteiger partial charge in [-0.2, -0.15) is 0 Å². The van der Waals surface area contributed by atoms with E-state index in [-0.39, 0.29) is 5.56 Å². The van der Waals surface area contributed by atoms with Gasteiger partial charge in [-0.1, -0.05) is 23.7 Å². The molecule has 1 N–H and O–H groups in total. The average molecular weight is 329 g/mol. The Labute approximate surface area is 138 Å². The number of aryl methyl sites for hydroxylation is 2. The number of rotatable bonds is 2. The Morgan fingerprint density at radius 3 is 2.65 bits per heavy atom. The van der Waals surface area contributed by atoms with E-state index in [1.54, 1.807) is 30.3 Å². The third kappa shape index (κ3) is 2.90. The Bertz CT molecular complexity index is 924. The van der Waals surface area contributed by atoms with E-state index in [9.17, 15) is 9.18 Å². The Hall–Kier alpha value is -2.46. The normalized spacial score (nSPS) is 10.8. The van der Waals surface area contributed by atoms with Crippen LogP contribution < -0.4 is 5.32 Å². The number of amides is 1. The van der Waals surface area contributed by atoms with Crippen molar-refractivity contribution >= 4 is 34.1 Å². The van der Waals surface area contributed by atoms with Crippen LogP contribution in [0.3, 0.4) is 0 Å². The first-order chi connectivity index (χ1) is 11.0. The summed E-state index contributed by atoms with van der Waals surface area (Å²) in [7, 11) is 0. The van der Waals surface area contributed by atoms with Crippen molar-refractivity contribution in [3.05, 3.63) is 70.1 Å². The van der Waals surface area contributed by atoms with Crippen LogP contribution in [0.1, 0.15) is 21.6 Å². The van der Waals surface area contributed by atoms with Crippen LogP contribution in [-0.2, 0) is 0 Å². The van der Waals surface area contributed by atoms with E-state index in [1.807, 2.05) is 13.8 Å². The second-order valence-electron chi connectivity index (χ2n) is 5.31. The third-order valence-corrected chi connectivity index (χ3v) is 4.07. The van der Waals surface area contributed by atoms with Crippen LogP contribution in [0.2, 0.25) is 5.02 Å². The lowest BCUT2D eigenvalue weighted by Crippen LogP contribution is -2.14. The molecule has 3 aromatic rings. The molecule has 0 fully saturated rings. The Morgan fingerprint density at radius 1 is 1.17 bits per heavy atom. The summed E-state index contributed by atoms with van der Waals surface area (Å²) in [6, 6.07) is 11.2. The molecule has 0 saturated heterocycles. The van der Waals surface area contributed by atoms with Gasteiger partial charge in [0.05, 0.1) is 16.8 Å². The fourth-order valence-electron chi connectivity index (χ4n) is 2.47. The maximum absolute atomic E-state index is 13.8. The SMILES string of the molecule is Cc1cc(NC(=O)c2ccccc2F)c2ccc(Cl)c(C)c2n1. The minimum absolute atomic E-state index is 0.000741. The van der Waals surface area contributed by atoms with E-state index in [4.69, 9.17) is 11.6 Å². The van der Waals surface area contributed by atoms with Gasteiger partial charge in [0.15, 0.2) is 0 Å². The van der Waals surface area contributed by atoms with E-state index in [0.29, 0.717) is 10.7 Å². The second kappa shape index (κ2) is 5.97. The fraction of sp³-hybridized carbons (Fsp3) is 0.111. The predicted octanol–water partition coefficient (Wildman–Crippen LogP) is 4.90. The van der Waals surface area contributed by atoms with Crippen molar-refractivity contribution in [2.45, 2.75) is 13.8 Å². The van der Waals surface area contributed by atoms with Crippen molar-refractivity contribution in [1.82, 2.24) is 4.98 Å². The van der Waals surface area contributed by atoms with Crippen LogP contribution in [0.25, 0.3) is 10.9 Å². The number of aromatic nitrogens is 1. The summed E-state index contributed by atoms with van der Waals surface area (Å²) in [4.78, 5) is 16.8. The molecule has 1 aromatic heterocycles. The van der Waals surface area contributed by atoms with Crippen LogP contribution in [0.4, 0.5) is 10.1 Å². The maximum atomic E-state index is 13.8. The van der Waals surface area contributed by atoms with Gasteiger partial charge in [0.1, 0.15) is 5.82 Å². The van der Waals surface area contributed by atoms with Crippen molar-refractivity contribution in [3.63, 3.8) is 0 Å². The molecule has 0 atom stereocenters. The van der Waals surface area contributed by atoms with Crippen molar-refractivity contribution in [2.75, 3.05) is 5.32 Å². The van der Waals surface area contributed by atoms with Crippen molar-refractivity contribution in [3.8, 4) is 0 Å². The molecule has 0 bridgehead atoms. The zero-order valence-electron chi connectivity index (χ0n) is 12.7. The van der Waals surface area contributed by atoms with Gasteiger partial charge in [0.2, 0.25) is 0 Å². The molecular formula is C18H14ClFN2O. The largest absolute Gasteiger partial charge is 0.321 e. The minimum atomic E-state index is -0.556. The molecule has 5 heteroatoms. The molecule has 0 radical (unpaired) electrons. The molecule has 1 amide bonds. The number of nitrogens with zero attached hydrogens (tertiary/aromatic N) is 1. The number of hydrogen-bond donors (Lipinski definition) is 1. The molecule has 3 nitrogen and oxygen atoms in total. The van der Waals surface area contributed by atoms with Gasteiger partial charge >= 0.3 is 0 Å². The van der Waals surface area contributed by atoms with E-state index in [0.717, 1.165) is 22.2 Å². The summed E-state index contributed by atoms with van der Waals surface area (Å²) < 4.78 is 13.8. The van der Waals surface area contributed by atoms with Crippen LogP contribution in [-0.4, -0.2) is 10.9 Å². The van der Waals surface area contributed by atoms with E-state index in [2.05, 4.69) is 10.3 Å².